The molecular formula is C22H22N2O3. The summed E-state index contributed by atoms with van der Waals surface area (Å²) in [7, 11) is 0. The molecule has 0 spiro atoms. The van der Waals surface area contributed by atoms with Gasteiger partial charge in [0.05, 0.1) is 6.20 Å². The molecule has 0 radical (unpaired) electrons. The first-order valence-electron chi connectivity index (χ1n) is 8.73. The van der Waals surface area contributed by atoms with Gasteiger partial charge in [-0.15, -0.1) is 0 Å². The van der Waals surface area contributed by atoms with Gasteiger partial charge in [-0.1, -0.05) is 45.0 Å². The summed E-state index contributed by atoms with van der Waals surface area (Å²) >= 11 is 0. The first-order chi connectivity index (χ1) is 12.9. The van der Waals surface area contributed by atoms with Crippen molar-refractivity contribution in [2.45, 2.75) is 32.8 Å². The molecule has 2 heterocycles. The highest BCUT2D eigenvalue weighted by Gasteiger charge is 2.17. The van der Waals surface area contributed by atoms with Gasteiger partial charge in [-0.05, 0) is 40.8 Å². The van der Waals surface area contributed by atoms with E-state index in [1.165, 1.54) is 5.56 Å². The Hall–Kier alpha value is -3.21. The van der Waals surface area contributed by atoms with Gasteiger partial charge < -0.3 is 9.47 Å². The fraction of sp³-hybridized carbons (Fsp3) is 0.227. The van der Waals surface area contributed by atoms with E-state index in [0.717, 1.165) is 5.56 Å². The second-order valence-corrected chi connectivity index (χ2v) is 7.17. The summed E-state index contributed by atoms with van der Waals surface area (Å²) in [6.07, 6.45) is 4.76. The molecule has 0 atom stereocenters. The summed E-state index contributed by atoms with van der Waals surface area (Å²) in [5.74, 6) is 0.212. The van der Waals surface area contributed by atoms with Crippen LogP contribution in [0.5, 0.6) is 11.6 Å². The molecule has 0 unspecified atom stereocenters. The Morgan fingerprint density at radius 3 is 2.41 bits per heavy atom. The Bertz CT molecular complexity index is 901. The number of esters is 1. The molecule has 0 amide bonds. The molecule has 5 heteroatoms. The topological polar surface area (TPSA) is 61.3 Å². The maximum absolute atomic E-state index is 12.5. The average Bonchev–Trinajstić information content (AvgIpc) is 2.67. The van der Waals surface area contributed by atoms with Crippen LogP contribution in [0.25, 0.3) is 0 Å². The number of hydrogen-bond donors (Lipinski definition) is 0. The standard InChI is InChI=1S/C22H22N2O3/c1-22(2,3)17-10-8-16(9-11-17)15-26-21(25)19-7-5-13-24-20(19)27-18-6-4-12-23-14-18/h4-14H,15H2,1-3H3. The third kappa shape index (κ3) is 4.91. The zero-order valence-corrected chi connectivity index (χ0v) is 15.7. The smallest absolute Gasteiger partial charge is 0.344 e. The van der Waals surface area contributed by atoms with Crippen molar-refractivity contribution >= 4 is 5.97 Å². The van der Waals surface area contributed by atoms with Crippen LogP contribution in [0.1, 0.15) is 42.3 Å². The number of carbonyl (C=O) groups excluding carboxylic acids is 1. The van der Waals surface area contributed by atoms with E-state index in [-0.39, 0.29) is 23.5 Å². The number of pyridine rings is 2. The quantitative estimate of drug-likeness (QED) is 0.603. The molecule has 138 valence electrons. The van der Waals surface area contributed by atoms with Gasteiger partial charge in [0.15, 0.2) is 0 Å². The lowest BCUT2D eigenvalue weighted by molar-refractivity contribution is 0.0469. The highest BCUT2D eigenvalue weighted by atomic mass is 16.5. The maximum atomic E-state index is 12.5. The Labute approximate surface area is 159 Å². The fourth-order valence-corrected chi connectivity index (χ4v) is 2.47. The first kappa shape index (κ1) is 18.6. The van der Waals surface area contributed by atoms with Crippen molar-refractivity contribution in [1.82, 2.24) is 9.97 Å². The van der Waals surface area contributed by atoms with E-state index in [4.69, 9.17) is 9.47 Å². The molecule has 0 saturated carbocycles. The summed E-state index contributed by atoms with van der Waals surface area (Å²) in [5, 5.41) is 0. The predicted molar refractivity (Wildman–Crippen MR) is 103 cm³/mol. The van der Waals surface area contributed by atoms with E-state index in [1.807, 2.05) is 12.1 Å². The van der Waals surface area contributed by atoms with Crippen LogP contribution in [-0.2, 0) is 16.8 Å². The lowest BCUT2D eigenvalue weighted by Gasteiger charge is -2.19. The van der Waals surface area contributed by atoms with E-state index in [0.29, 0.717) is 5.75 Å². The predicted octanol–water partition coefficient (Wildman–Crippen LogP) is 4.92. The van der Waals surface area contributed by atoms with Crippen molar-refractivity contribution in [2.75, 3.05) is 0 Å². The number of rotatable bonds is 5. The normalized spacial score (nSPS) is 11.1. The first-order valence-corrected chi connectivity index (χ1v) is 8.73. The lowest BCUT2D eigenvalue weighted by Crippen LogP contribution is -2.11. The van der Waals surface area contributed by atoms with Crippen LogP contribution in [0.3, 0.4) is 0 Å². The van der Waals surface area contributed by atoms with Crippen LogP contribution in [-0.4, -0.2) is 15.9 Å². The van der Waals surface area contributed by atoms with Gasteiger partial charge in [-0.25, -0.2) is 9.78 Å². The molecule has 0 fully saturated rings. The summed E-state index contributed by atoms with van der Waals surface area (Å²) in [5.41, 5.74) is 2.52. The molecule has 27 heavy (non-hydrogen) atoms. The van der Waals surface area contributed by atoms with Crippen molar-refractivity contribution in [1.29, 1.82) is 0 Å². The molecule has 5 nitrogen and oxygen atoms in total. The second-order valence-electron chi connectivity index (χ2n) is 7.17. The Morgan fingerprint density at radius 1 is 1.00 bits per heavy atom. The number of ether oxygens (including phenoxy) is 2. The van der Waals surface area contributed by atoms with Crippen LogP contribution in [0.4, 0.5) is 0 Å². The van der Waals surface area contributed by atoms with Crippen molar-refractivity contribution in [2.24, 2.45) is 0 Å². The fourth-order valence-electron chi connectivity index (χ4n) is 2.47. The number of carbonyl (C=O) groups is 1. The Kier molecular flexibility index (Phi) is 5.50. The third-order valence-corrected chi connectivity index (χ3v) is 4.03. The average molecular weight is 362 g/mol. The molecule has 1 aromatic carbocycles. The van der Waals surface area contributed by atoms with Gasteiger partial charge in [-0.2, -0.15) is 0 Å². The van der Waals surface area contributed by atoms with E-state index in [2.05, 4.69) is 42.9 Å². The number of aromatic nitrogens is 2. The van der Waals surface area contributed by atoms with Gasteiger partial charge in [-0.3, -0.25) is 4.98 Å². The monoisotopic (exact) mass is 362 g/mol. The summed E-state index contributed by atoms with van der Waals surface area (Å²) in [4.78, 5) is 20.6. The zero-order valence-electron chi connectivity index (χ0n) is 15.7. The van der Waals surface area contributed by atoms with E-state index in [9.17, 15) is 4.79 Å². The molecule has 0 saturated heterocycles. The highest BCUT2D eigenvalue weighted by Crippen LogP contribution is 2.24. The molecule has 0 bridgehead atoms. The summed E-state index contributed by atoms with van der Waals surface area (Å²) in [6.45, 7) is 6.67. The molecule has 0 aliphatic carbocycles. The van der Waals surface area contributed by atoms with Gasteiger partial charge in [0.25, 0.3) is 0 Å². The largest absolute Gasteiger partial charge is 0.457 e. The van der Waals surface area contributed by atoms with Gasteiger partial charge in [0.2, 0.25) is 5.88 Å². The second kappa shape index (κ2) is 7.99. The Morgan fingerprint density at radius 2 is 1.74 bits per heavy atom. The molecular weight excluding hydrogens is 340 g/mol. The third-order valence-electron chi connectivity index (χ3n) is 4.03. The minimum Gasteiger partial charge on any atom is -0.457 e. The summed E-state index contributed by atoms with van der Waals surface area (Å²) in [6, 6.07) is 14.9. The zero-order chi connectivity index (χ0) is 19.3. The maximum Gasteiger partial charge on any atom is 0.344 e. The molecule has 0 aliphatic rings. The molecule has 2 aromatic heterocycles. The minimum atomic E-state index is -0.484. The van der Waals surface area contributed by atoms with Crippen LogP contribution in [0.2, 0.25) is 0 Å². The molecule has 3 aromatic rings. The van der Waals surface area contributed by atoms with Crippen LogP contribution < -0.4 is 4.74 Å². The molecule has 0 N–H and O–H groups in total. The molecule has 3 rings (SSSR count). The van der Waals surface area contributed by atoms with E-state index >= 15 is 0 Å². The van der Waals surface area contributed by atoms with Gasteiger partial charge in [0.1, 0.15) is 17.9 Å². The van der Waals surface area contributed by atoms with Crippen molar-refractivity contribution in [3.63, 3.8) is 0 Å². The van der Waals surface area contributed by atoms with E-state index in [1.54, 1.807) is 42.9 Å². The Balaban J connectivity index is 1.68. The van der Waals surface area contributed by atoms with Gasteiger partial charge >= 0.3 is 5.97 Å². The lowest BCUT2D eigenvalue weighted by atomic mass is 9.87. The minimum absolute atomic E-state index is 0.0868. The van der Waals surface area contributed by atoms with Crippen molar-refractivity contribution < 1.29 is 14.3 Å². The number of hydrogen-bond acceptors (Lipinski definition) is 5. The summed E-state index contributed by atoms with van der Waals surface area (Å²) < 4.78 is 11.1. The number of benzene rings is 1. The van der Waals surface area contributed by atoms with Crippen LogP contribution in [0, 0.1) is 0 Å². The van der Waals surface area contributed by atoms with Crippen LogP contribution in [0.15, 0.2) is 67.1 Å². The van der Waals surface area contributed by atoms with Gasteiger partial charge in [0, 0.05) is 12.4 Å². The number of nitrogens with zero attached hydrogens (tertiary/aromatic N) is 2. The van der Waals surface area contributed by atoms with Crippen molar-refractivity contribution in [3.8, 4) is 11.6 Å². The highest BCUT2D eigenvalue weighted by molar-refractivity contribution is 5.91. The van der Waals surface area contributed by atoms with E-state index < -0.39 is 5.97 Å². The molecule has 0 aliphatic heterocycles. The van der Waals surface area contributed by atoms with Crippen molar-refractivity contribution in [3.05, 3.63) is 83.8 Å². The SMILES string of the molecule is CC(C)(C)c1ccc(COC(=O)c2cccnc2Oc2cccnc2)cc1. The van der Waals surface area contributed by atoms with Crippen LogP contribution >= 0.6 is 0 Å².